The molecule has 1 aromatic carbocycles. The van der Waals surface area contributed by atoms with Crippen LogP contribution in [0.2, 0.25) is 0 Å². The van der Waals surface area contributed by atoms with Crippen molar-refractivity contribution in [1.29, 1.82) is 0 Å². The van der Waals surface area contributed by atoms with E-state index in [0.717, 1.165) is 28.1 Å². The summed E-state index contributed by atoms with van der Waals surface area (Å²) >= 11 is 1.38. The van der Waals surface area contributed by atoms with Crippen LogP contribution in [0, 0.1) is 6.92 Å². The maximum atomic E-state index is 14.1. The van der Waals surface area contributed by atoms with E-state index in [2.05, 4.69) is 27.9 Å². The number of hydrogen-bond donors (Lipinski definition) is 1. The van der Waals surface area contributed by atoms with E-state index in [1.807, 2.05) is 49.6 Å². The summed E-state index contributed by atoms with van der Waals surface area (Å²) in [6.07, 6.45) is 3.19. The first-order chi connectivity index (χ1) is 19.4. The summed E-state index contributed by atoms with van der Waals surface area (Å²) in [5, 5.41) is 11.1. The number of amides is 1. The summed E-state index contributed by atoms with van der Waals surface area (Å²) in [7, 11) is 0. The van der Waals surface area contributed by atoms with Gasteiger partial charge in [-0.25, -0.2) is 14.8 Å². The highest BCUT2D eigenvalue weighted by atomic mass is 32.2. The maximum Gasteiger partial charge on any atom is 0.407 e. The van der Waals surface area contributed by atoms with E-state index in [-0.39, 0.29) is 38.7 Å². The summed E-state index contributed by atoms with van der Waals surface area (Å²) in [6, 6.07) is 13.3. The quantitative estimate of drug-likeness (QED) is 0.245. The van der Waals surface area contributed by atoms with Gasteiger partial charge in [-0.2, -0.15) is 0 Å². The molecule has 0 radical (unpaired) electrons. The molecule has 1 N–H and O–H groups in total. The number of thioether (sulfide) groups is 1. The molecule has 5 rings (SSSR count). The number of aryl methyl sites for hydroxylation is 2. The average Bonchev–Trinajstić information content (AvgIpc) is 2.98. The Balaban J connectivity index is 1.59. The van der Waals surface area contributed by atoms with Crippen LogP contribution < -0.4 is 5.56 Å². The lowest BCUT2D eigenvalue weighted by atomic mass is 9.95. The Kier molecular flexibility index (Phi) is 8.43. The standard InChI is InChI=1S/C29H31N5O5S/c1-4-19-12-20(25-7-5-6-18(2)31-25)8-9-23(19)24-13-21-14-30-28(40-3)32-26(21)34(27(24)35)11-10-33(29(36)37)22-15-38-17-39-16-22/h5-9,12-14,22H,4,10-11,15-17H2,1-3H3,(H,36,37). The molecule has 0 bridgehead atoms. The van der Waals surface area contributed by atoms with E-state index in [9.17, 15) is 14.7 Å². The SMILES string of the molecule is CCc1cc(-c2cccc(C)n2)ccc1-c1cc2cnc(SC)nc2n(CCN(C(=O)O)C2COCOC2)c1=O. The highest BCUT2D eigenvalue weighted by molar-refractivity contribution is 7.98. The van der Waals surface area contributed by atoms with Crippen molar-refractivity contribution in [2.75, 3.05) is 32.8 Å². The van der Waals surface area contributed by atoms with Gasteiger partial charge in [0.15, 0.2) is 5.16 Å². The zero-order valence-electron chi connectivity index (χ0n) is 22.7. The largest absolute Gasteiger partial charge is 0.465 e. The zero-order valence-corrected chi connectivity index (χ0v) is 23.5. The van der Waals surface area contributed by atoms with E-state index < -0.39 is 12.1 Å². The Morgan fingerprint density at radius 3 is 2.65 bits per heavy atom. The molecule has 208 valence electrons. The molecular weight excluding hydrogens is 530 g/mol. The van der Waals surface area contributed by atoms with Crippen LogP contribution in [0.15, 0.2) is 58.6 Å². The second-order valence-corrected chi connectivity index (χ2v) is 10.3. The minimum absolute atomic E-state index is 0.0718. The van der Waals surface area contributed by atoms with Gasteiger partial charge in [-0.15, -0.1) is 0 Å². The average molecular weight is 562 g/mol. The fourth-order valence-corrected chi connectivity index (χ4v) is 5.29. The normalized spacial score (nSPS) is 14.0. The van der Waals surface area contributed by atoms with Crippen LogP contribution in [0.4, 0.5) is 4.79 Å². The number of fused-ring (bicyclic) bond motifs is 1. The Morgan fingerprint density at radius 2 is 1.95 bits per heavy atom. The number of aromatic nitrogens is 4. The van der Waals surface area contributed by atoms with Crippen LogP contribution in [-0.2, 0) is 22.4 Å². The van der Waals surface area contributed by atoms with Gasteiger partial charge in [0.05, 0.1) is 24.9 Å². The molecule has 1 saturated heterocycles. The molecule has 1 aliphatic rings. The maximum absolute atomic E-state index is 14.1. The predicted molar refractivity (Wildman–Crippen MR) is 154 cm³/mol. The predicted octanol–water partition coefficient (Wildman–Crippen LogP) is 4.47. The van der Waals surface area contributed by atoms with E-state index >= 15 is 0 Å². The molecule has 4 aromatic rings. The van der Waals surface area contributed by atoms with Crippen LogP contribution in [0.1, 0.15) is 18.2 Å². The lowest BCUT2D eigenvalue weighted by Crippen LogP contribution is -2.49. The Morgan fingerprint density at radius 1 is 1.15 bits per heavy atom. The third kappa shape index (κ3) is 5.72. The van der Waals surface area contributed by atoms with Gasteiger partial charge in [0.2, 0.25) is 0 Å². The first kappa shape index (κ1) is 27.8. The van der Waals surface area contributed by atoms with Crippen LogP contribution in [0.3, 0.4) is 0 Å². The van der Waals surface area contributed by atoms with Crippen molar-refractivity contribution in [1.82, 2.24) is 24.4 Å². The summed E-state index contributed by atoms with van der Waals surface area (Å²) in [4.78, 5) is 41.1. The fraction of sp³-hybridized carbons (Fsp3) is 0.345. The van der Waals surface area contributed by atoms with Gasteiger partial charge in [-0.1, -0.05) is 36.9 Å². The van der Waals surface area contributed by atoms with E-state index in [1.54, 1.807) is 10.8 Å². The van der Waals surface area contributed by atoms with E-state index in [4.69, 9.17) is 9.47 Å². The molecule has 1 fully saturated rings. The molecular formula is C29H31N5O5S. The fourth-order valence-electron chi connectivity index (χ4n) is 4.95. The number of rotatable bonds is 8. The van der Waals surface area contributed by atoms with Gasteiger partial charge in [-0.3, -0.25) is 19.2 Å². The lowest BCUT2D eigenvalue weighted by Gasteiger charge is -2.32. The molecule has 10 nitrogen and oxygen atoms in total. The summed E-state index contributed by atoms with van der Waals surface area (Å²) in [5.74, 6) is 0. The minimum atomic E-state index is -1.10. The summed E-state index contributed by atoms with van der Waals surface area (Å²) in [5.41, 5.74) is 5.35. The molecule has 4 heterocycles. The molecule has 11 heteroatoms. The molecule has 0 unspecified atom stereocenters. The second-order valence-electron chi connectivity index (χ2n) is 9.53. The van der Waals surface area contributed by atoms with Crippen LogP contribution in [-0.4, -0.2) is 74.5 Å². The minimum Gasteiger partial charge on any atom is -0.465 e. The molecule has 1 aliphatic heterocycles. The van der Waals surface area contributed by atoms with Crippen molar-refractivity contribution in [2.24, 2.45) is 0 Å². The molecule has 3 aromatic heterocycles. The zero-order chi connectivity index (χ0) is 28.2. The molecule has 0 atom stereocenters. The summed E-state index contributed by atoms with van der Waals surface area (Å²) < 4.78 is 12.2. The van der Waals surface area contributed by atoms with Crippen molar-refractivity contribution in [3.63, 3.8) is 0 Å². The summed E-state index contributed by atoms with van der Waals surface area (Å²) in [6.45, 7) is 4.82. The first-order valence-electron chi connectivity index (χ1n) is 13.1. The van der Waals surface area contributed by atoms with E-state index in [1.165, 1.54) is 16.7 Å². The number of pyridine rings is 2. The number of carbonyl (C=O) groups is 1. The van der Waals surface area contributed by atoms with Crippen molar-refractivity contribution in [2.45, 2.75) is 38.0 Å². The highest BCUT2D eigenvalue weighted by Gasteiger charge is 2.27. The molecule has 1 amide bonds. The van der Waals surface area contributed by atoms with Crippen molar-refractivity contribution in [3.05, 3.63) is 70.3 Å². The highest BCUT2D eigenvalue weighted by Crippen LogP contribution is 2.29. The molecule has 0 aliphatic carbocycles. The van der Waals surface area contributed by atoms with Crippen LogP contribution >= 0.6 is 11.8 Å². The smallest absolute Gasteiger partial charge is 0.407 e. The lowest BCUT2D eigenvalue weighted by molar-refractivity contribution is -0.131. The van der Waals surface area contributed by atoms with Crippen molar-refractivity contribution < 1.29 is 19.4 Å². The van der Waals surface area contributed by atoms with Gasteiger partial charge < -0.3 is 14.6 Å². The first-order valence-corrected chi connectivity index (χ1v) is 14.3. The monoisotopic (exact) mass is 561 g/mol. The molecule has 40 heavy (non-hydrogen) atoms. The van der Waals surface area contributed by atoms with Gasteiger partial charge >= 0.3 is 6.09 Å². The number of ether oxygens (including phenoxy) is 2. The van der Waals surface area contributed by atoms with Crippen LogP contribution in [0.5, 0.6) is 0 Å². The van der Waals surface area contributed by atoms with Crippen molar-refractivity contribution in [3.8, 4) is 22.4 Å². The number of nitrogens with zero attached hydrogens (tertiary/aromatic N) is 5. The van der Waals surface area contributed by atoms with Gasteiger partial charge in [0.1, 0.15) is 12.4 Å². The Bertz CT molecular complexity index is 1600. The van der Waals surface area contributed by atoms with Gasteiger partial charge in [0.25, 0.3) is 5.56 Å². The molecule has 0 saturated carbocycles. The Labute approximate surface area is 236 Å². The van der Waals surface area contributed by atoms with Crippen LogP contribution in [0.25, 0.3) is 33.4 Å². The number of benzene rings is 1. The molecule has 0 spiro atoms. The third-order valence-corrected chi connectivity index (χ3v) is 7.55. The Hall–Kier alpha value is -3.80. The van der Waals surface area contributed by atoms with Gasteiger partial charge in [0, 0.05) is 41.5 Å². The number of carboxylic acid groups (broad SMARTS) is 1. The van der Waals surface area contributed by atoms with E-state index in [0.29, 0.717) is 28.2 Å². The van der Waals surface area contributed by atoms with Gasteiger partial charge in [-0.05, 0) is 55.0 Å². The number of hydrogen-bond acceptors (Lipinski definition) is 8. The topological polar surface area (TPSA) is 120 Å². The second kappa shape index (κ2) is 12.2. The van der Waals surface area contributed by atoms with Crippen molar-refractivity contribution >= 4 is 28.9 Å². The third-order valence-electron chi connectivity index (χ3n) is 6.99.